The van der Waals surface area contributed by atoms with Crippen LogP contribution in [0.5, 0.6) is 0 Å². The maximum Gasteiger partial charge on any atom is 0.231 e. The number of hydrogen-bond donors (Lipinski definition) is 0. The molecule has 3 aliphatic heterocycles. The highest BCUT2D eigenvalue weighted by Gasteiger charge is 2.40. The first-order chi connectivity index (χ1) is 11.6. The maximum absolute atomic E-state index is 12.6. The van der Waals surface area contributed by atoms with Crippen molar-refractivity contribution in [1.29, 1.82) is 0 Å². The van der Waals surface area contributed by atoms with Crippen LogP contribution >= 0.6 is 0 Å². The summed E-state index contributed by atoms with van der Waals surface area (Å²) in [4.78, 5) is 27.9. The Kier molecular flexibility index (Phi) is 3.81. The van der Waals surface area contributed by atoms with E-state index in [4.69, 9.17) is 9.47 Å². The molecule has 1 aromatic carbocycles. The minimum absolute atomic E-state index is 0.103. The van der Waals surface area contributed by atoms with Gasteiger partial charge in [-0.25, -0.2) is 0 Å². The first kappa shape index (κ1) is 15.6. The molecule has 4 rings (SSSR count). The predicted octanol–water partition coefficient (Wildman–Crippen LogP) is 1.11. The van der Waals surface area contributed by atoms with Gasteiger partial charge in [0.15, 0.2) is 5.79 Å². The number of carbonyl (C=O) groups excluding carboxylic acids is 2. The van der Waals surface area contributed by atoms with Crippen molar-refractivity contribution in [3.05, 3.63) is 29.3 Å². The van der Waals surface area contributed by atoms with Gasteiger partial charge in [0.05, 0.1) is 26.1 Å². The van der Waals surface area contributed by atoms with E-state index in [9.17, 15) is 9.59 Å². The molecule has 1 spiro atoms. The fourth-order valence-corrected chi connectivity index (χ4v) is 3.80. The summed E-state index contributed by atoms with van der Waals surface area (Å²) in [6, 6.07) is 5.87. The SMILES string of the molecule is CN1C(=O)Cc2cc(CC(=O)N3CCC4(CC3)OCCO4)ccc21. The van der Waals surface area contributed by atoms with E-state index in [-0.39, 0.29) is 11.8 Å². The largest absolute Gasteiger partial charge is 0.347 e. The Labute approximate surface area is 141 Å². The monoisotopic (exact) mass is 330 g/mol. The van der Waals surface area contributed by atoms with E-state index in [1.807, 2.05) is 23.1 Å². The molecule has 0 aromatic heterocycles. The highest BCUT2D eigenvalue weighted by molar-refractivity contribution is 6.01. The molecule has 3 heterocycles. The number of likely N-dealkylation sites (N-methyl/N-ethyl adjacent to an activating group) is 1. The standard InChI is InChI=1S/C18H22N2O4/c1-19-15-3-2-13(10-14(15)12-16(19)21)11-17(22)20-6-4-18(5-7-20)23-8-9-24-18/h2-3,10H,4-9,11-12H2,1H3. The molecule has 6 heteroatoms. The first-order valence-corrected chi connectivity index (χ1v) is 8.50. The Morgan fingerprint density at radius 3 is 2.62 bits per heavy atom. The highest BCUT2D eigenvalue weighted by atomic mass is 16.7. The quantitative estimate of drug-likeness (QED) is 0.815. The third-order valence-electron chi connectivity index (χ3n) is 5.27. The number of benzene rings is 1. The van der Waals surface area contributed by atoms with E-state index in [2.05, 4.69) is 0 Å². The zero-order valence-electron chi connectivity index (χ0n) is 13.9. The lowest BCUT2D eigenvalue weighted by molar-refractivity contribution is -0.187. The number of amides is 2. The van der Waals surface area contributed by atoms with Crippen LogP contribution in [0.4, 0.5) is 5.69 Å². The van der Waals surface area contributed by atoms with Crippen molar-refractivity contribution in [3.8, 4) is 0 Å². The molecule has 2 amide bonds. The van der Waals surface area contributed by atoms with Crippen molar-refractivity contribution in [2.24, 2.45) is 0 Å². The molecule has 0 atom stereocenters. The Hall–Kier alpha value is -1.92. The molecule has 1 aromatic rings. The van der Waals surface area contributed by atoms with Crippen LogP contribution in [-0.4, -0.2) is 55.9 Å². The maximum atomic E-state index is 12.6. The van der Waals surface area contributed by atoms with Crippen LogP contribution in [0.2, 0.25) is 0 Å². The second-order valence-electron chi connectivity index (χ2n) is 6.76. The summed E-state index contributed by atoms with van der Waals surface area (Å²) in [6.45, 7) is 2.64. The molecule has 0 bridgehead atoms. The lowest BCUT2D eigenvalue weighted by Crippen LogP contribution is -2.47. The van der Waals surface area contributed by atoms with Crippen LogP contribution < -0.4 is 4.90 Å². The van der Waals surface area contributed by atoms with E-state index in [0.29, 0.717) is 39.1 Å². The lowest BCUT2D eigenvalue weighted by atomic mass is 10.0. The molecule has 0 radical (unpaired) electrons. The van der Waals surface area contributed by atoms with Crippen molar-refractivity contribution in [3.63, 3.8) is 0 Å². The summed E-state index contributed by atoms with van der Waals surface area (Å²) < 4.78 is 11.4. The minimum atomic E-state index is -0.449. The van der Waals surface area contributed by atoms with Gasteiger partial charge in [0.1, 0.15) is 0 Å². The van der Waals surface area contributed by atoms with Crippen LogP contribution in [-0.2, 0) is 31.9 Å². The van der Waals surface area contributed by atoms with E-state index >= 15 is 0 Å². The Balaban J connectivity index is 1.39. The second-order valence-corrected chi connectivity index (χ2v) is 6.76. The zero-order valence-corrected chi connectivity index (χ0v) is 13.9. The van der Waals surface area contributed by atoms with Gasteiger partial charge in [-0.3, -0.25) is 9.59 Å². The Bertz CT molecular complexity index is 672. The smallest absolute Gasteiger partial charge is 0.231 e. The van der Waals surface area contributed by atoms with Crippen molar-refractivity contribution in [2.45, 2.75) is 31.5 Å². The molecule has 6 nitrogen and oxygen atoms in total. The topological polar surface area (TPSA) is 59.1 Å². The molecule has 24 heavy (non-hydrogen) atoms. The van der Waals surface area contributed by atoms with Gasteiger partial charge in [-0.2, -0.15) is 0 Å². The number of anilines is 1. The molecule has 0 saturated carbocycles. The van der Waals surface area contributed by atoms with Crippen molar-refractivity contribution >= 4 is 17.5 Å². The predicted molar refractivity (Wildman–Crippen MR) is 87.7 cm³/mol. The number of carbonyl (C=O) groups is 2. The molecule has 128 valence electrons. The van der Waals surface area contributed by atoms with Crippen LogP contribution in [0, 0.1) is 0 Å². The summed E-state index contributed by atoms with van der Waals surface area (Å²) in [5, 5.41) is 0. The van der Waals surface area contributed by atoms with Crippen LogP contribution in [0.3, 0.4) is 0 Å². The van der Waals surface area contributed by atoms with E-state index in [1.165, 1.54) is 0 Å². The van der Waals surface area contributed by atoms with Gasteiger partial charge < -0.3 is 19.3 Å². The molecule has 3 aliphatic rings. The van der Waals surface area contributed by atoms with Crippen molar-refractivity contribution < 1.29 is 19.1 Å². The fourth-order valence-electron chi connectivity index (χ4n) is 3.80. The number of nitrogens with zero attached hydrogens (tertiary/aromatic N) is 2. The Morgan fingerprint density at radius 2 is 1.92 bits per heavy atom. The average Bonchev–Trinajstić information content (AvgIpc) is 3.13. The van der Waals surface area contributed by atoms with Gasteiger partial charge in [0.25, 0.3) is 0 Å². The lowest BCUT2D eigenvalue weighted by Gasteiger charge is -2.37. The highest BCUT2D eigenvalue weighted by Crippen LogP contribution is 2.32. The second kappa shape index (κ2) is 5.86. The molecular formula is C18H22N2O4. The first-order valence-electron chi connectivity index (χ1n) is 8.50. The summed E-state index contributed by atoms with van der Waals surface area (Å²) in [5.74, 6) is -0.221. The van der Waals surface area contributed by atoms with Gasteiger partial charge in [-0.15, -0.1) is 0 Å². The number of likely N-dealkylation sites (tertiary alicyclic amines) is 1. The number of fused-ring (bicyclic) bond motifs is 1. The summed E-state index contributed by atoms with van der Waals surface area (Å²) >= 11 is 0. The fraction of sp³-hybridized carbons (Fsp3) is 0.556. The van der Waals surface area contributed by atoms with Gasteiger partial charge in [-0.1, -0.05) is 12.1 Å². The Morgan fingerprint density at radius 1 is 1.21 bits per heavy atom. The zero-order chi connectivity index (χ0) is 16.7. The third kappa shape index (κ3) is 2.70. The number of ether oxygens (including phenoxy) is 2. The normalized spacial score (nSPS) is 22.3. The van der Waals surface area contributed by atoms with Gasteiger partial charge in [0, 0.05) is 38.7 Å². The van der Waals surface area contributed by atoms with Crippen LogP contribution in [0.25, 0.3) is 0 Å². The van der Waals surface area contributed by atoms with Gasteiger partial charge in [0.2, 0.25) is 11.8 Å². The minimum Gasteiger partial charge on any atom is -0.347 e. The summed E-state index contributed by atoms with van der Waals surface area (Å²) in [6.07, 6.45) is 2.28. The van der Waals surface area contributed by atoms with E-state index < -0.39 is 5.79 Å². The summed E-state index contributed by atoms with van der Waals surface area (Å²) in [5.41, 5.74) is 2.93. The number of hydrogen-bond acceptors (Lipinski definition) is 4. The number of piperidine rings is 1. The molecule has 0 N–H and O–H groups in total. The summed E-state index contributed by atoms with van der Waals surface area (Å²) in [7, 11) is 1.79. The number of rotatable bonds is 2. The molecule has 2 saturated heterocycles. The average molecular weight is 330 g/mol. The van der Waals surface area contributed by atoms with Crippen LogP contribution in [0.1, 0.15) is 24.0 Å². The van der Waals surface area contributed by atoms with Gasteiger partial charge in [-0.05, 0) is 17.2 Å². The molecule has 0 unspecified atom stereocenters. The van der Waals surface area contributed by atoms with Crippen molar-refractivity contribution in [1.82, 2.24) is 4.90 Å². The van der Waals surface area contributed by atoms with E-state index in [0.717, 1.165) is 29.7 Å². The van der Waals surface area contributed by atoms with Crippen molar-refractivity contribution in [2.75, 3.05) is 38.3 Å². The van der Waals surface area contributed by atoms with Gasteiger partial charge >= 0.3 is 0 Å². The van der Waals surface area contributed by atoms with E-state index in [1.54, 1.807) is 11.9 Å². The molecule has 2 fully saturated rings. The molecule has 0 aliphatic carbocycles. The molecular weight excluding hydrogens is 308 g/mol. The van der Waals surface area contributed by atoms with Crippen LogP contribution in [0.15, 0.2) is 18.2 Å². The third-order valence-corrected chi connectivity index (χ3v) is 5.27.